The van der Waals surface area contributed by atoms with Gasteiger partial charge in [-0.2, -0.15) is 0 Å². The monoisotopic (exact) mass is 846 g/mol. The number of likely N-dealkylation sites (tertiary alicyclic amines) is 1. The molecular weight excluding hydrogens is 785 g/mol. The number of anilines is 1. The number of ether oxygens (including phenoxy) is 4. The number of methoxy groups -OCH3 is 1. The summed E-state index contributed by atoms with van der Waals surface area (Å²) in [6.07, 6.45) is 5.04. The van der Waals surface area contributed by atoms with Crippen molar-refractivity contribution in [2.24, 2.45) is 39.6 Å². The number of hydrogen-bond donors (Lipinski definition) is 5. The Morgan fingerprint density at radius 1 is 0.967 bits per heavy atom. The van der Waals surface area contributed by atoms with Crippen LogP contribution in [0.25, 0.3) is 10.8 Å². The molecule has 1 fully saturated rings. The van der Waals surface area contributed by atoms with Crippen LogP contribution in [0.5, 0.6) is 17.2 Å². The smallest absolute Gasteiger partial charge is 0.312 e. The number of phenols is 2. The van der Waals surface area contributed by atoms with E-state index in [1.165, 1.54) is 27.2 Å². The third-order valence-corrected chi connectivity index (χ3v) is 12.9. The summed E-state index contributed by atoms with van der Waals surface area (Å²) in [5.74, 6) is -6.44. The average Bonchev–Trinajstić information content (AvgIpc) is 3.71. The SMILES string of the molecule is CO[C@H]1C=CO[C@@]2(C)Oc3c(C)c(O)c4c(O)c(c5c(c4c3C2=O)=NC2(CCN(CC(C)C)CC2)N=5)NC(=O)C(C)=CC=C[C@H](C)[C@H](O)[C@@H](C)[C@@H](O)[C@H](C)[C@H](OC(C)=O)[C@H]1C. The molecule has 2 aromatic carbocycles. The van der Waals surface area contributed by atoms with Gasteiger partial charge in [0, 0.05) is 93.6 Å². The molecule has 4 heterocycles. The van der Waals surface area contributed by atoms with Crippen LogP contribution in [0.15, 0.2) is 46.1 Å². The quantitative estimate of drug-likeness (QED) is 0.209. The number of Topliss-reactive ketones (excluding diaryl/α,β-unsaturated/α-hetero) is 1. The first-order valence-electron chi connectivity index (χ1n) is 21.2. The maximum atomic E-state index is 14.7. The number of carbonyl (C=O) groups excluding carboxylic acids is 3. The van der Waals surface area contributed by atoms with Gasteiger partial charge >= 0.3 is 11.8 Å². The lowest BCUT2D eigenvalue weighted by molar-refractivity contribution is -0.160. The van der Waals surface area contributed by atoms with Gasteiger partial charge in [-0.3, -0.25) is 24.4 Å². The number of ketones is 1. The molecule has 0 aromatic heterocycles. The molecule has 61 heavy (non-hydrogen) atoms. The lowest BCUT2D eigenvalue weighted by Crippen LogP contribution is -2.46. The number of hydrogen-bond acceptors (Lipinski definition) is 14. The first kappa shape index (κ1) is 45.7. The number of amides is 1. The Hall–Kier alpha value is -4.83. The van der Waals surface area contributed by atoms with Gasteiger partial charge in [0.1, 0.15) is 28.6 Å². The number of phenolic OH excluding ortho intramolecular Hbond substituents is 2. The van der Waals surface area contributed by atoms with Gasteiger partial charge in [0.15, 0.2) is 11.4 Å². The summed E-state index contributed by atoms with van der Waals surface area (Å²) in [5, 5.41) is 50.2. The van der Waals surface area contributed by atoms with Gasteiger partial charge in [0.25, 0.3) is 11.7 Å². The third kappa shape index (κ3) is 8.54. The molecule has 6 rings (SSSR count). The van der Waals surface area contributed by atoms with E-state index in [1.54, 1.807) is 65.8 Å². The molecule has 4 aliphatic rings. The summed E-state index contributed by atoms with van der Waals surface area (Å²) in [5.41, 5.74) is -0.572. The van der Waals surface area contributed by atoms with Crippen LogP contribution in [0.2, 0.25) is 0 Å². The van der Waals surface area contributed by atoms with Crippen LogP contribution in [0, 0.1) is 36.5 Å². The van der Waals surface area contributed by atoms with E-state index in [9.17, 15) is 34.8 Å². The molecule has 2 aromatic rings. The minimum atomic E-state index is -1.96. The molecule has 15 heteroatoms. The number of aliphatic hydroxyl groups excluding tert-OH is 2. The van der Waals surface area contributed by atoms with Gasteiger partial charge in [0.05, 0.1) is 40.9 Å². The van der Waals surface area contributed by atoms with Gasteiger partial charge in [-0.05, 0) is 25.8 Å². The summed E-state index contributed by atoms with van der Waals surface area (Å²) in [6, 6.07) is 0. The van der Waals surface area contributed by atoms with Crippen molar-refractivity contribution in [2.75, 3.05) is 32.1 Å². The zero-order valence-electron chi connectivity index (χ0n) is 37.1. The maximum absolute atomic E-state index is 14.7. The molecule has 4 bridgehead atoms. The van der Waals surface area contributed by atoms with Gasteiger partial charge < -0.3 is 49.6 Å². The standard InChI is InChI=1S/C46H62N4O11/c1-22(2)21-50-18-16-46(17-19-50)48-34-31-32-39(54)28(8)42-33(31)43(56)45(10,61-42)59-20-15-30(58-11)25(5)41(60-29(9)51)27(7)38(53)26(6)37(52)23(3)13-12-14-24(4)44(57)47-36(40(32)55)35(34)49-46/h12-15,20,22-23,25-27,30,37-38,41,52-55H,16-19,21H2,1-11H3,(H,47,57)/t23-,25-,26+,27-,30-,37-,38+,41+,45-/m0/s1. The van der Waals surface area contributed by atoms with E-state index in [2.05, 4.69) is 24.1 Å². The largest absolute Gasteiger partial charge is 0.507 e. The molecule has 332 valence electrons. The number of allylic oxidation sites excluding steroid dienone is 2. The van der Waals surface area contributed by atoms with Crippen LogP contribution in [0.1, 0.15) is 91.1 Å². The van der Waals surface area contributed by atoms with Crippen molar-refractivity contribution in [1.29, 1.82) is 0 Å². The van der Waals surface area contributed by atoms with Crippen molar-refractivity contribution >= 4 is 34.1 Å². The van der Waals surface area contributed by atoms with Crippen molar-refractivity contribution in [3.05, 3.63) is 58.0 Å². The molecule has 0 aliphatic carbocycles. The molecule has 0 radical (unpaired) electrons. The Morgan fingerprint density at radius 2 is 1.62 bits per heavy atom. The molecule has 5 N–H and O–H groups in total. The van der Waals surface area contributed by atoms with Crippen LogP contribution in [0.4, 0.5) is 5.69 Å². The Morgan fingerprint density at radius 3 is 2.25 bits per heavy atom. The lowest BCUT2D eigenvalue weighted by Gasteiger charge is -2.38. The molecule has 0 unspecified atom stereocenters. The first-order chi connectivity index (χ1) is 28.6. The Bertz CT molecular complexity index is 2300. The number of rotatable bonds is 4. The fraction of sp³-hybridized carbons (Fsp3) is 0.587. The van der Waals surface area contributed by atoms with Crippen molar-refractivity contribution in [2.45, 2.75) is 118 Å². The number of esters is 1. The van der Waals surface area contributed by atoms with Crippen LogP contribution in [-0.4, -0.2) is 106 Å². The Labute approximate surface area is 356 Å². The summed E-state index contributed by atoms with van der Waals surface area (Å²) in [6.45, 7) is 19.5. The van der Waals surface area contributed by atoms with E-state index < -0.39 is 82.9 Å². The fourth-order valence-corrected chi connectivity index (χ4v) is 9.20. The second-order valence-corrected chi connectivity index (χ2v) is 18.0. The van der Waals surface area contributed by atoms with E-state index in [0.29, 0.717) is 31.8 Å². The van der Waals surface area contributed by atoms with E-state index in [-0.39, 0.29) is 55.4 Å². The van der Waals surface area contributed by atoms with Crippen molar-refractivity contribution < 1.29 is 53.8 Å². The third-order valence-electron chi connectivity index (χ3n) is 12.9. The highest BCUT2D eigenvalue weighted by atomic mass is 16.7. The topological polar surface area (TPSA) is 209 Å². The minimum absolute atomic E-state index is 0.0364. The van der Waals surface area contributed by atoms with E-state index in [4.69, 9.17) is 28.9 Å². The summed E-state index contributed by atoms with van der Waals surface area (Å²) in [4.78, 5) is 53.7. The average molecular weight is 847 g/mol. The molecule has 0 saturated carbocycles. The van der Waals surface area contributed by atoms with Gasteiger partial charge in [-0.1, -0.05) is 59.8 Å². The van der Waals surface area contributed by atoms with Crippen molar-refractivity contribution in [1.82, 2.24) is 4.90 Å². The number of carbonyl (C=O) groups is 3. The number of aliphatic hydroxyl groups is 2. The highest BCUT2D eigenvalue weighted by Crippen LogP contribution is 2.50. The van der Waals surface area contributed by atoms with E-state index in [0.717, 1.165) is 6.54 Å². The predicted octanol–water partition coefficient (Wildman–Crippen LogP) is 4.75. The fourth-order valence-electron chi connectivity index (χ4n) is 9.20. The van der Waals surface area contributed by atoms with Gasteiger partial charge in [-0.25, -0.2) is 0 Å². The van der Waals surface area contributed by atoms with Gasteiger partial charge in [-0.15, -0.1) is 0 Å². The summed E-state index contributed by atoms with van der Waals surface area (Å²) in [7, 11) is 1.47. The number of benzene rings is 2. The Kier molecular flexibility index (Phi) is 13.1. The zero-order chi connectivity index (χ0) is 44.9. The highest BCUT2D eigenvalue weighted by molar-refractivity contribution is 6.19. The van der Waals surface area contributed by atoms with E-state index in [1.807, 2.05) is 0 Å². The lowest BCUT2D eigenvalue weighted by atomic mass is 9.78. The summed E-state index contributed by atoms with van der Waals surface area (Å²) >= 11 is 0. The number of nitrogens with zero attached hydrogens (tertiary/aromatic N) is 3. The number of aromatic hydroxyl groups is 2. The van der Waals surface area contributed by atoms with Crippen LogP contribution in [0.3, 0.4) is 0 Å². The normalized spacial score (nSPS) is 30.8. The Balaban J connectivity index is 1.54. The van der Waals surface area contributed by atoms with Crippen LogP contribution in [-0.2, 0) is 23.8 Å². The maximum Gasteiger partial charge on any atom is 0.312 e. The van der Waals surface area contributed by atoms with E-state index >= 15 is 0 Å². The van der Waals surface area contributed by atoms with Crippen molar-refractivity contribution in [3.63, 3.8) is 0 Å². The van der Waals surface area contributed by atoms with Crippen molar-refractivity contribution in [3.8, 4) is 17.2 Å². The summed E-state index contributed by atoms with van der Waals surface area (Å²) < 4.78 is 24.0. The number of fused-ring (bicyclic) bond motifs is 1. The molecule has 1 saturated heterocycles. The van der Waals surface area contributed by atoms with Crippen LogP contribution < -0.4 is 20.8 Å². The second-order valence-electron chi connectivity index (χ2n) is 18.0. The molecule has 15 nitrogen and oxygen atoms in total. The molecule has 1 amide bonds. The predicted molar refractivity (Wildman–Crippen MR) is 228 cm³/mol. The highest BCUT2D eigenvalue weighted by Gasteiger charge is 2.50. The number of piperidine rings is 1. The zero-order valence-corrected chi connectivity index (χ0v) is 37.1. The first-order valence-corrected chi connectivity index (χ1v) is 21.2. The molecule has 1 spiro atoms. The molecule has 9 atom stereocenters. The molecular formula is C46H62N4O11. The second kappa shape index (κ2) is 17.5. The minimum Gasteiger partial charge on any atom is -0.507 e. The van der Waals surface area contributed by atoms with Gasteiger partial charge in [0.2, 0.25) is 0 Å². The number of nitrogens with one attached hydrogen (secondary N) is 1. The molecule has 4 aliphatic heterocycles. The van der Waals surface area contributed by atoms with Crippen LogP contribution >= 0.6 is 0 Å².